The fourth-order valence-corrected chi connectivity index (χ4v) is 4.93. The summed E-state index contributed by atoms with van der Waals surface area (Å²) in [6.07, 6.45) is 5.66. The number of carbonyl (C=O) groups excluding carboxylic acids is 1. The first kappa shape index (κ1) is 15.0. The van der Waals surface area contributed by atoms with Crippen LogP contribution in [0.5, 0.6) is 5.75 Å². The first-order valence-electron chi connectivity index (χ1n) is 8.89. The number of amides is 1. The predicted molar refractivity (Wildman–Crippen MR) is 89.4 cm³/mol. The highest BCUT2D eigenvalue weighted by Crippen LogP contribution is 2.50. The Morgan fingerprint density at radius 2 is 2.35 bits per heavy atom. The second-order valence-electron chi connectivity index (χ2n) is 7.42. The van der Waals surface area contributed by atoms with Gasteiger partial charge in [0.25, 0.3) is 0 Å². The summed E-state index contributed by atoms with van der Waals surface area (Å²) in [5.74, 6) is 1.52. The fraction of sp³-hybridized carbons (Fsp3) is 0.632. The summed E-state index contributed by atoms with van der Waals surface area (Å²) >= 11 is 0. The smallest absolute Gasteiger partial charge is 0.223 e. The van der Waals surface area contributed by atoms with Gasteiger partial charge in [-0.25, -0.2) is 0 Å². The van der Waals surface area contributed by atoms with E-state index in [4.69, 9.17) is 4.74 Å². The van der Waals surface area contributed by atoms with E-state index in [0.717, 1.165) is 44.8 Å². The van der Waals surface area contributed by atoms with Crippen molar-refractivity contribution < 1.29 is 9.53 Å². The van der Waals surface area contributed by atoms with Crippen molar-refractivity contribution in [2.75, 3.05) is 26.7 Å². The van der Waals surface area contributed by atoms with Crippen molar-refractivity contribution in [3.63, 3.8) is 0 Å². The molecule has 4 nitrogen and oxygen atoms in total. The lowest BCUT2D eigenvalue weighted by Crippen LogP contribution is -2.39. The predicted octanol–water partition coefficient (Wildman–Crippen LogP) is 2.36. The molecule has 2 aliphatic heterocycles. The number of hydrogen-bond acceptors (Lipinski definition) is 3. The molecule has 2 atom stereocenters. The molecule has 1 aromatic rings. The number of nitrogens with one attached hydrogen (secondary N) is 1. The van der Waals surface area contributed by atoms with Crippen LogP contribution in [0.2, 0.25) is 0 Å². The minimum atomic E-state index is 0.214. The third-order valence-electron chi connectivity index (χ3n) is 6.09. The van der Waals surface area contributed by atoms with E-state index in [1.54, 1.807) is 7.05 Å². The van der Waals surface area contributed by atoms with E-state index in [1.807, 2.05) is 0 Å². The molecule has 4 heteroatoms. The van der Waals surface area contributed by atoms with E-state index >= 15 is 0 Å². The topological polar surface area (TPSA) is 41.6 Å². The van der Waals surface area contributed by atoms with E-state index in [-0.39, 0.29) is 17.2 Å². The maximum absolute atomic E-state index is 12.2. The van der Waals surface area contributed by atoms with Crippen LogP contribution in [-0.2, 0) is 17.8 Å². The molecule has 0 radical (unpaired) electrons. The van der Waals surface area contributed by atoms with Crippen molar-refractivity contribution in [3.8, 4) is 5.75 Å². The van der Waals surface area contributed by atoms with Gasteiger partial charge in [0, 0.05) is 32.5 Å². The van der Waals surface area contributed by atoms with Gasteiger partial charge in [-0.2, -0.15) is 0 Å². The van der Waals surface area contributed by atoms with Crippen molar-refractivity contribution in [1.82, 2.24) is 10.2 Å². The number of rotatable bonds is 3. The maximum atomic E-state index is 12.2. The van der Waals surface area contributed by atoms with Crippen molar-refractivity contribution in [2.45, 2.75) is 38.6 Å². The zero-order valence-electron chi connectivity index (χ0n) is 13.9. The van der Waals surface area contributed by atoms with Crippen LogP contribution in [0, 0.1) is 11.3 Å². The van der Waals surface area contributed by atoms with Crippen LogP contribution in [-0.4, -0.2) is 37.6 Å². The van der Waals surface area contributed by atoms with Gasteiger partial charge in [0.2, 0.25) is 5.91 Å². The van der Waals surface area contributed by atoms with Crippen LogP contribution in [0.3, 0.4) is 0 Å². The highest BCUT2D eigenvalue weighted by atomic mass is 16.5. The van der Waals surface area contributed by atoms with Crippen LogP contribution in [0.15, 0.2) is 18.2 Å². The Hall–Kier alpha value is -1.55. The third-order valence-corrected chi connectivity index (χ3v) is 6.09. The largest absolute Gasteiger partial charge is 0.493 e. The Bertz CT molecular complexity index is 615. The molecular formula is C19H26N2O2. The lowest BCUT2D eigenvalue weighted by Gasteiger charge is -2.30. The third kappa shape index (κ3) is 2.63. The van der Waals surface area contributed by atoms with Crippen molar-refractivity contribution in [3.05, 3.63) is 29.3 Å². The van der Waals surface area contributed by atoms with Crippen molar-refractivity contribution in [1.29, 1.82) is 0 Å². The van der Waals surface area contributed by atoms with Crippen LogP contribution in [0.4, 0.5) is 0 Å². The number of fused-ring (bicyclic) bond motifs is 1. The number of benzene rings is 1. The summed E-state index contributed by atoms with van der Waals surface area (Å²) in [6.45, 7) is 3.99. The quantitative estimate of drug-likeness (QED) is 0.931. The monoisotopic (exact) mass is 314 g/mol. The molecule has 1 spiro atoms. The molecule has 1 N–H and O–H groups in total. The molecule has 1 aliphatic carbocycles. The van der Waals surface area contributed by atoms with Crippen molar-refractivity contribution >= 4 is 5.91 Å². The highest BCUT2D eigenvalue weighted by Gasteiger charge is 2.49. The minimum Gasteiger partial charge on any atom is -0.493 e. The lowest BCUT2D eigenvalue weighted by atomic mass is 9.76. The zero-order chi connectivity index (χ0) is 15.9. The molecule has 1 amide bonds. The Balaban J connectivity index is 1.45. The van der Waals surface area contributed by atoms with Gasteiger partial charge in [-0.15, -0.1) is 0 Å². The molecule has 2 fully saturated rings. The van der Waals surface area contributed by atoms with Crippen LogP contribution in [0.1, 0.15) is 36.8 Å². The second kappa shape index (κ2) is 5.82. The molecule has 0 bridgehead atoms. The molecular weight excluding hydrogens is 288 g/mol. The van der Waals surface area contributed by atoms with Gasteiger partial charge in [-0.1, -0.05) is 18.6 Å². The highest BCUT2D eigenvalue weighted by molar-refractivity contribution is 5.79. The van der Waals surface area contributed by atoms with Gasteiger partial charge in [-0.05, 0) is 48.4 Å². The summed E-state index contributed by atoms with van der Waals surface area (Å²) in [4.78, 5) is 14.8. The van der Waals surface area contributed by atoms with Gasteiger partial charge in [-0.3, -0.25) is 9.69 Å². The van der Waals surface area contributed by atoms with E-state index in [1.165, 1.54) is 30.4 Å². The molecule has 4 rings (SSSR count). The average Bonchev–Trinajstić information content (AvgIpc) is 3.27. The zero-order valence-corrected chi connectivity index (χ0v) is 13.9. The second-order valence-corrected chi connectivity index (χ2v) is 7.42. The Morgan fingerprint density at radius 3 is 3.22 bits per heavy atom. The fourth-order valence-electron chi connectivity index (χ4n) is 4.93. The lowest BCUT2D eigenvalue weighted by molar-refractivity contribution is -0.127. The number of ether oxygens (including phenoxy) is 1. The van der Waals surface area contributed by atoms with Gasteiger partial charge in [0.05, 0.1) is 6.61 Å². The molecule has 124 valence electrons. The van der Waals surface area contributed by atoms with Crippen LogP contribution >= 0.6 is 0 Å². The molecule has 1 aromatic carbocycles. The maximum Gasteiger partial charge on any atom is 0.223 e. The van der Waals surface area contributed by atoms with Gasteiger partial charge >= 0.3 is 0 Å². The molecule has 0 aromatic heterocycles. The SMILES string of the molecule is CNC(=O)C1CCCC12CCN(Cc1ccc3c(c1)CCO3)C2. The average molecular weight is 314 g/mol. The summed E-state index contributed by atoms with van der Waals surface area (Å²) in [5, 5.41) is 2.88. The number of carbonyl (C=O) groups is 1. The Morgan fingerprint density at radius 1 is 1.43 bits per heavy atom. The summed E-state index contributed by atoms with van der Waals surface area (Å²) in [6, 6.07) is 6.62. The van der Waals surface area contributed by atoms with E-state index in [9.17, 15) is 4.79 Å². The first-order chi connectivity index (χ1) is 11.2. The molecule has 2 heterocycles. The molecule has 3 aliphatic rings. The normalized spacial score (nSPS) is 29.7. The molecule has 1 saturated heterocycles. The Labute approximate surface area is 138 Å². The molecule has 1 saturated carbocycles. The van der Waals surface area contributed by atoms with E-state index in [2.05, 4.69) is 28.4 Å². The standard InChI is InChI=1S/C19H26N2O2/c1-20-18(22)16-3-2-7-19(16)8-9-21(13-19)12-14-4-5-17-15(11-14)6-10-23-17/h4-5,11,16H,2-3,6-10,12-13H2,1H3,(H,20,22). The van der Waals surface area contributed by atoms with Crippen molar-refractivity contribution in [2.24, 2.45) is 11.3 Å². The van der Waals surface area contributed by atoms with Crippen LogP contribution in [0.25, 0.3) is 0 Å². The van der Waals surface area contributed by atoms with E-state index in [0.29, 0.717) is 0 Å². The first-order valence-corrected chi connectivity index (χ1v) is 8.89. The summed E-state index contributed by atoms with van der Waals surface area (Å²) in [7, 11) is 1.77. The summed E-state index contributed by atoms with van der Waals surface area (Å²) in [5.41, 5.74) is 2.95. The molecule has 23 heavy (non-hydrogen) atoms. The Kier molecular flexibility index (Phi) is 3.80. The van der Waals surface area contributed by atoms with Gasteiger partial charge in [0.15, 0.2) is 0 Å². The van der Waals surface area contributed by atoms with Gasteiger partial charge in [0.1, 0.15) is 5.75 Å². The number of nitrogens with zero attached hydrogens (tertiary/aromatic N) is 1. The summed E-state index contributed by atoms with van der Waals surface area (Å²) < 4.78 is 5.59. The minimum absolute atomic E-state index is 0.214. The molecule has 2 unspecified atom stereocenters. The van der Waals surface area contributed by atoms with Crippen LogP contribution < -0.4 is 10.1 Å². The number of likely N-dealkylation sites (tertiary alicyclic amines) is 1. The van der Waals surface area contributed by atoms with E-state index < -0.39 is 0 Å². The number of hydrogen-bond donors (Lipinski definition) is 1. The van der Waals surface area contributed by atoms with Gasteiger partial charge < -0.3 is 10.1 Å².